The fourth-order valence-electron chi connectivity index (χ4n) is 2.75. The molecule has 0 heterocycles. The van der Waals surface area contributed by atoms with Gasteiger partial charge in [-0.25, -0.2) is 0 Å². The molecule has 196 valence electrons. The fourth-order valence-corrected chi connectivity index (χ4v) is 12.5. The maximum atomic E-state index is 12.5. The third-order valence-corrected chi connectivity index (χ3v) is 14.3. The number of carbonyl (C=O) groups excluding carboxylic acids is 2. The Hall–Kier alpha value is -0.501. The van der Waals surface area contributed by atoms with Crippen LogP contribution in [0, 0.1) is 0 Å². The van der Waals surface area contributed by atoms with Crippen LogP contribution >= 0.6 is 0 Å². The van der Waals surface area contributed by atoms with Crippen molar-refractivity contribution in [1.82, 2.24) is 0 Å². The van der Waals surface area contributed by atoms with E-state index in [0.717, 1.165) is 25.7 Å². The maximum absolute atomic E-state index is 12.5. The summed E-state index contributed by atoms with van der Waals surface area (Å²) in [4.78, 5) is 25.0. The Morgan fingerprint density at radius 3 is 1.30 bits per heavy atom. The van der Waals surface area contributed by atoms with E-state index in [9.17, 15) is 9.59 Å². The second-order valence-corrected chi connectivity index (χ2v) is 16.6. The predicted octanol–water partition coefficient (Wildman–Crippen LogP) is 2.47. The van der Waals surface area contributed by atoms with Crippen molar-refractivity contribution in [3.63, 3.8) is 0 Å². The summed E-state index contributed by atoms with van der Waals surface area (Å²) < 4.78 is 44.1. The van der Waals surface area contributed by atoms with Crippen LogP contribution in [0.25, 0.3) is 0 Å². The molecule has 0 aromatic rings. The van der Waals surface area contributed by atoms with Gasteiger partial charge in [-0.1, -0.05) is 0 Å². The Balaban J connectivity index is 4.63. The number of hydrogen-bond acceptors (Lipinski definition) is 10. The molecule has 0 amide bonds. The minimum atomic E-state index is -4.00. The van der Waals surface area contributed by atoms with Crippen LogP contribution in [-0.2, 0) is 44.2 Å². The Labute approximate surface area is 203 Å². The van der Waals surface area contributed by atoms with Crippen LogP contribution < -0.4 is 0 Å². The van der Waals surface area contributed by atoms with Gasteiger partial charge in [-0.15, -0.1) is 0 Å². The van der Waals surface area contributed by atoms with Gasteiger partial charge in [0.1, 0.15) is 0 Å². The predicted molar refractivity (Wildman–Crippen MR) is 124 cm³/mol. The topological polar surface area (TPSA) is 108 Å². The molecule has 0 aliphatic heterocycles. The summed E-state index contributed by atoms with van der Waals surface area (Å²) in [7, 11) is 3.20. The third-order valence-electron chi connectivity index (χ3n) is 4.47. The van der Waals surface area contributed by atoms with Gasteiger partial charge in [-0.2, -0.15) is 0 Å². The van der Waals surface area contributed by atoms with E-state index >= 15 is 0 Å². The van der Waals surface area contributed by atoms with Gasteiger partial charge in [-0.05, 0) is 0 Å². The average Bonchev–Trinajstić information content (AvgIpc) is 2.80. The first-order valence-electron chi connectivity index (χ1n) is 11.8. The first-order chi connectivity index (χ1) is 16.0. The van der Waals surface area contributed by atoms with Crippen molar-refractivity contribution in [1.29, 1.82) is 0 Å². The molecular formula is C22H44O10Sn. The molecule has 11 heteroatoms. The standard InChI is InChI=1S/2C7H14O5.2C4H9.Sn/c2*1-10-2-3-11-4-5-12-6-7(8)9;2*1-3-4-2;/h2*2-6H2,1H3,(H,8,9);2*1,3-4H2,2H3;/q;;;;+2/p-2. The fraction of sp³-hybridized carbons (Fsp3) is 0.909. The summed E-state index contributed by atoms with van der Waals surface area (Å²) in [5.41, 5.74) is 0. The van der Waals surface area contributed by atoms with Crippen LogP contribution in [0.4, 0.5) is 0 Å². The van der Waals surface area contributed by atoms with Gasteiger partial charge in [0, 0.05) is 0 Å². The van der Waals surface area contributed by atoms with Crippen LogP contribution in [0.3, 0.4) is 0 Å². The summed E-state index contributed by atoms with van der Waals surface area (Å²) in [5, 5.41) is 0. The van der Waals surface area contributed by atoms with Crippen molar-refractivity contribution < 1.29 is 44.2 Å². The van der Waals surface area contributed by atoms with Gasteiger partial charge >= 0.3 is 204 Å². The molecule has 0 saturated carbocycles. The summed E-state index contributed by atoms with van der Waals surface area (Å²) in [6.07, 6.45) is 3.51. The first-order valence-corrected chi connectivity index (χ1v) is 18.1. The van der Waals surface area contributed by atoms with Crippen molar-refractivity contribution >= 4 is 31.1 Å². The zero-order chi connectivity index (χ0) is 24.6. The first kappa shape index (κ1) is 32.5. The van der Waals surface area contributed by atoms with Crippen LogP contribution in [-0.4, -0.2) is 111 Å². The van der Waals surface area contributed by atoms with Gasteiger partial charge in [0.15, 0.2) is 0 Å². The molecular weight excluding hydrogens is 543 g/mol. The number of methoxy groups -OCH3 is 2. The van der Waals surface area contributed by atoms with Crippen LogP contribution in [0.2, 0.25) is 8.87 Å². The van der Waals surface area contributed by atoms with Gasteiger partial charge in [-0.3, -0.25) is 0 Å². The monoisotopic (exact) mass is 588 g/mol. The Kier molecular flexibility index (Phi) is 22.9. The second-order valence-electron chi connectivity index (χ2n) is 7.38. The molecule has 0 saturated heterocycles. The molecule has 0 aromatic carbocycles. The molecule has 0 N–H and O–H groups in total. The van der Waals surface area contributed by atoms with E-state index in [4.69, 9.17) is 34.6 Å². The minimum absolute atomic E-state index is 0.197. The Morgan fingerprint density at radius 2 is 0.939 bits per heavy atom. The van der Waals surface area contributed by atoms with E-state index in [2.05, 4.69) is 13.8 Å². The van der Waals surface area contributed by atoms with Gasteiger partial charge in [0.2, 0.25) is 0 Å². The number of hydrogen-bond donors (Lipinski definition) is 0. The molecule has 0 rings (SSSR count). The van der Waals surface area contributed by atoms with E-state index in [1.54, 1.807) is 14.2 Å². The summed E-state index contributed by atoms with van der Waals surface area (Å²) in [5.74, 6) is -0.981. The SMILES string of the molecule is CCC[CH2][Sn]([CH2]CCC)([O]C(=O)COCCOCCOC)[O]C(=O)COCCOCCOC. The molecule has 33 heavy (non-hydrogen) atoms. The molecule has 0 bridgehead atoms. The molecule has 0 aliphatic carbocycles. The van der Waals surface area contributed by atoms with Gasteiger partial charge < -0.3 is 0 Å². The van der Waals surface area contributed by atoms with Crippen LogP contribution in [0.15, 0.2) is 0 Å². The molecule has 0 unspecified atom stereocenters. The number of ether oxygens (including phenoxy) is 6. The van der Waals surface area contributed by atoms with Crippen molar-refractivity contribution in [3.05, 3.63) is 0 Å². The van der Waals surface area contributed by atoms with Crippen molar-refractivity contribution in [2.75, 3.05) is 80.3 Å². The Bertz CT molecular complexity index is 436. The number of rotatable bonds is 24. The second kappa shape index (κ2) is 23.3. The van der Waals surface area contributed by atoms with E-state index in [1.165, 1.54) is 0 Å². The molecule has 0 spiro atoms. The number of unbranched alkanes of at least 4 members (excludes halogenated alkanes) is 2. The molecule has 0 fully saturated rings. The van der Waals surface area contributed by atoms with Crippen LogP contribution in [0.1, 0.15) is 39.5 Å². The zero-order valence-corrected chi connectivity index (χ0v) is 23.8. The Morgan fingerprint density at radius 1 is 0.576 bits per heavy atom. The summed E-state index contributed by atoms with van der Waals surface area (Å²) in [6, 6.07) is 0. The van der Waals surface area contributed by atoms with Gasteiger partial charge in [0.25, 0.3) is 0 Å². The van der Waals surface area contributed by atoms with Crippen molar-refractivity contribution in [2.45, 2.75) is 48.4 Å². The van der Waals surface area contributed by atoms with Gasteiger partial charge in [0.05, 0.1) is 0 Å². The van der Waals surface area contributed by atoms with E-state index in [-0.39, 0.29) is 26.4 Å². The zero-order valence-electron chi connectivity index (χ0n) is 20.9. The third kappa shape index (κ3) is 19.5. The van der Waals surface area contributed by atoms with E-state index < -0.39 is 31.1 Å². The quantitative estimate of drug-likeness (QED) is 0.124. The number of carbonyl (C=O) groups is 2. The van der Waals surface area contributed by atoms with Crippen molar-refractivity contribution in [2.24, 2.45) is 0 Å². The van der Waals surface area contributed by atoms with E-state index in [0.29, 0.717) is 48.5 Å². The van der Waals surface area contributed by atoms with Crippen LogP contribution in [0.5, 0.6) is 0 Å². The summed E-state index contributed by atoms with van der Waals surface area (Å²) in [6.45, 7) is 6.92. The summed E-state index contributed by atoms with van der Waals surface area (Å²) >= 11 is -4.00. The molecule has 0 aromatic heterocycles. The molecule has 0 radical (unpaired) electrons. The molecule has 0 atom stereocenters. The van der Waals surface area contributed by atoms with E-state index in [1.807, 2.05) is 0 Å². The normalized spacial score (nSPS) is 11.5. The molecule has 0 aliphatic rings. The molecule has 10 nitrogen and oxygen atoms in total. The van der Waals surface area contributed by atoms with Crippen molar-refractivity contribution in [3.8, 4) is 0 Å². The average molecular weight is 587 g/mol.